The van der Waals surface area contributed by atoms with Gasteiger partial charge in [-0.1, -0.05) is 17.7 Å². The van der Waals surface area contributed by atoms with E-state index in [1.54, 1.807) is 36.4 Å². The third kappa shape index (κ3) is 4.80. The molecule has 3 N–H and O–H groups in total. The fourth-order valence-electron chi connectivity index (χ4n) is 2.60. The molecule has 1 aromatic heterocycles. The van der Waals surface area contributed by atoms with Crippen LogP contribution in [0.25, 0.3) is 11.3 Å². The minimum absolute atomic E-state index is 0.0788. The van der Waals surface area contributed by atoms with Gasteiger partial charge < -0.3 is 19.6 Å². The maximum atomic E-state index is 12.4. The van der Waals surface area contributed by atoms with Crippen molar-refractivity contribution in [1.82, 2.24) is 5.32 Å². The first-order valence-electron chi connectivity index (χ1n) is 8.58. The molecule has 2 aromatic carbocycles. The van der Waals surface area contributed by atoms with Crippen molar-refractivity contribution in [3.63, 3.8) is 0 Å². The molecule has 148 valence electrons. The standard InChI is InChI=1S/C21H18N2O5S/c1-12-3-5-13(6-4-12)19(24)23-21(29)22-16-11-14(27-2)7-8-15(16)17-9-10-18(28-17)20(25)26/h3-11H,1-2H3,(H,25,26)(H2,22,23,24,29). The van der Waals surface area contributed by atoms with Crippen molar-refractivity contribution < 1.29 is 23.8 Å². The van der Waals surface area contributed by atoms with Crippen molar-refractivity contribution in [2.24, 2.45) is 0 Å². The third-order valence-corrected chi connectivity index (χ3v) is 4.30. The number of carboxylic acid groups (broad SMARTS) is 1. The van der Waals surface area contributed by atoms with Crippen molar-refractivity contribution in [1.29, 1.82) is 0 Å². The number of carboxylic acids is 1. The van der Waals surface area contributed by atoms with E-state index in [2.05, 4.69) is 10.6 Å². The van der Waals surface area contributed by atoms with Crippen molar-refractivity contribution in [3.05, 3.63) is 71.5 Å². The summed E-state index contributed by atoms with van der Waals surface area (Å²) < 4.78 is 10.6. The highest BCUT2D eigenvalue weighted by Gasteiger charge is 2.16. The molecule has 0 aliphatic rings. The molecular weight excluding hydrogens is 392 g/mol. The molecule has 0 spiro atoms. The lowest BCUT2D eigenvalue weighted by molar-refractivity contribution is 0.0663. The number of hydrogen-bond donors (Lipinski definition) is 3. The molecule has 0 bridgehead atoms. The molecule has 8 heteroatoms. The maximum absolute atomic E-state index is 12.4. The molecule has 0 fully saturated rings. The Hall–Kier alpha value is -3.65. The van der Waals surface area contributed by atoms with E-state index in [-0.39, 0.29) is 16.8 Å². The fraction of sp³-hybridized carbons (Fsp3) is 0.0952. The predicted molar refractivity (Wildman–Crippen MR) is 113 cm³/mol. The molecule has 0 radical (unpaired) electrons. The smallest absolute Gasteiger partial charge is 0.371 e. The van der Waals surface area contributed by atoms with E-state index in [0.29, 0.717) is 28.3 Å². The Morgan fingerprint density at radius 3 is 2.41 bits per heavy atom. The van der Waals surface area contributed by atoms with E-state index in [0.717, 1.165) is 5.56 Å². The molecular formula is C21H18N2O5S. The number of rotatable bonds is 5. The molecule has 0 saturated heterocycles. The van der Waals surface area contributed by atoms with Crippen LogP contribution in [0.2, 0.25) is 0 Å². The van der Waals surface area contributed by atoms with Gasteiger partial charge in [-0.3, -0.25) is 10.1 Å². The predicted octanol–water partition coefficient (Wildman–Crippen LogP) is 4.09. The Kier molecular flexibility index (Phi) is 5.94. The zero-order valence-corrected chi connectivity index (χ0v) is 16.5. The number of methoxy groups -OCH3 is 1. The lowest BCUT2D eigenvalue weighted by Crippen LogP contribution is -2.34. The average Bonchev–Trinajstić information content (AvgIpc) is 3.18. The maximum Gasteiger partial charge on any atom is 0.371 e. The van der Waals surface area contributed by atoms with Gasteiger partial charge in [0.1, 0.15) is 11.5 Å². The molecule has 1 amide bonds. The Morgan fingerprint density at radius 1 is 1.07 bits per heavy atom. The van der Waals surface area contributed by atoms with Crippen molar-refractivity contribution in [2.45, 2.75) is 6.92 Å². The molecule has 29 heavy (non-hydrogen) atoms. The number of hydrogen-bond acceptors (Lipinski definition) is 5. The number of aryl methyl sites for hydroxylation is 1. The number of anilines is 1. The number of aromatic carboxylic acids is 1. The van der Waals surface area contributed by atoms with Gasteiger partial charge in [-0.05, 0) is 55.5 Å². The second-order valence-corrected chi connectivity index (χ2v) is 6.56. The summed E-state index contributed by atoms with van der Waals surface area (Å²) in [6.45, 7) is 1.93. The van der Waals surface area contributed by atoms with Gasteiger partial charge in [-0.15, -0.1) is 0 Å². The zero-order chi connectivity index (χ0) is 21.0. The minimum Gasteiger partial charge on any atom is -0.497 e. The number of ether oxygens (including phenoxy) is 1. The van der Waals surface area contributed by atoms with Crippen LogP contribution < -0.4 is 15.4 Å². The van der Waals surface area contributed by atoms with Gasteiger partial charge in [0.15, 0.2) is 5.11 Å². The monoisotopic (exact) mass is 410 g/mol. The Labute approximate surface area is 172 Å². The average molecular weight is 410 g/mol. The normalized spacial score (nSPS) is 10.3. The highest BCUT2D eigenvalue weighted by Crippen LogP contribution is 2.32. The summed E-state index contributed by atoms with van der Waals surface area (Å²) >= 11 is 5.27. The number of carbonyl (C=O) groups excluding carboxylic acids is 1. The molecule has 3 aromatic rings. The van der Waals surface area contributed by atoms with Crippen LogP contribution in [0, 0.1) is 6.92 Å². The summed E-state index contributed by atoms with van der Waals surface area (Å²) in [6, 6.07) is 15.1. The Bertz CT molecular complexity index is 1070. The van der Waals surface area contributed by atoms with Gasteiger partial charge in [-0.2, -0.15) is 0 Å². The van der Waals surface area contributed by atoms with Crippen molar-refractivity contribution in [2.75, 3.05) is 12.4 Å². The third-order valence-electron chi connectivity index (χ3n) is 4.10. The van der Waals surface area contributed by atoms with Crippen LogP contribution in [0.5, 0.6) is 5.75 Å². The van der Waals surface area contributed by atoms with Gasteiger partial charge in [0.2, 0.25) is 5.76 Å². The van der Waals surface area contributed by atoms with Crippen LogP contribution >= 0.6 is 12.2 Å². The van der Waals surface area contributed by atoms with Gasteiger partial charge in [0, 0.05) is 17.2 Å². The summed E-state index contributed by atoms with van der Waals surface area (Å²) in [6.07, 6.45) is 0. The van der Waals surface area contributed by atoms with Crippen LogP contribution in [0.1, 0.15) is 26.5 Å². The number of benzene rings is 2. The summed E-state index contributed by atoms with van der Waals surface area (Å²) in [7, 11) is 1.52. The van der Waals surface area contributed by atoms with Crippen LogP contribution in [0.3, 0.4) is 0 Å². The Morgan fingerprint density at radius 2 is 1.79 bits per heavy atom. The summed E-state index contributed by atoms with van der Waals surface area (Å²) in [5, 5.41) is 14.7. The van der Waals surface area contributed by atoms with Crippen molar-refractivity contribution >= 4 is 34.9 Å². The SMILES string of the molecule is COc1ccc(-c2ccc(C(=O)O)o2)c(NC(=S)NC(=O)c2ccc(C)cc2)c1. The van der Waals surface area contributed by atoms with Crippen LogP contribution in [-0.4, -0.2) is 29.2 Å². The molecule has 7 nitrogen and oxygen atoms in total. The van der Waals surface area contributed by atoms with E-state index >= 15 is 0 Å². The van der Waals surface area contributed by atoms with E-state index in [1.165, 1.54) is 13.2 Å². The first kappa shape index (κ1) is 20.1. The first-order chi connectivity index (χ1) is 13.9. The molecule has 0 saturated carbocycles. The van der Waals surface area contributed by atoms with Gasteiger partial charge >= 0.3 is 5.97 Å². The minimum atomic E-state index is -1.17. The van der Waals surface area contributed by atoms with Crippen LogP contribution in [-0.2, 0) is 0 Å². The highest BCUT2D eigenvalue weighted by molar-refractivity contribution is 7.80. The van der Waals surface area contributed by atoms with Gasteiger partial charge in [0.05, 0.1) is 12.8 Å². The molecule has 0 aliphatic carbocycles. The number of carbonyl (C=O) groups is 2. The molecule has 0 atom stereocenters. The molecule has 3 rings (SSSR count). The number of nitrogens with one attached hydrogen (secondary N) is 2. The summed E-state index contributed by atoms with van der Waals surface area (Å²) in [5.41, 5.74) is 2.57. The van der Waals surface area contributed by atoms with Crippen molar-refractivity contribution in [3.8, 4) is 17.1 Å². The molecule has 0 unspecified atom stereocenters. The zero-order valence-electron chi connectivity index (χ0n) is 15.7. The number of thiocarbonyl (C=S) groups is 1. The van der Waals surface area contributed by atoms with E-state index in [9.17, 15) is 9.59 Å². The van der Waals surface area contributed by atoms with Crippen LogP contribution in [0.4, 0.5) is 5.69 Å². The second-order valence-electron chi connectivity index (χ2n) is 6.15. The highest BCUT2D eigenvalue weighted by atomic mass is 32.1. The number of amides is 1. The van der Waals surface area contributed by atoms with Gasteiger partial charge in [0.25, 0.3) is 5.91 Å². The molecule has 0 aliphatic heterocycles. The van der Waals surface area contributed by atoms with Crippen LogP contribution in [0.15, 0.2) is 59.0 Å². The molecule has 1 heterocycles. The summed E-state index contributed by atoms with van der Waals surface area (Å²) in [5.74, 6) is -0.815. The van der Waals surface area contributed by atoms with E-state index in [1.807, 2.05) is 19.1 Å². The fourth-order valence-corrected chi connectivity index (χ4v) is 2.80. The lowest BCUT2D eigenvalue weighted by Gasteiger charge is -2.14. The second kappa shape index (κ2) is 8.57. The van der Waals surface area contributed by atoms with Gasteiger partial charge in [-0.25, -0.2) is 4.79 Å². The first-order valence-corrected chi connectivity index (χ1v) is 8.98. The Balaban J connectivity index is 1.82. The van der Waals surface area contributed by atoms with E-state index in [4.69, 9.17) is 26.5 Å². The number of furan rings is 1. The van der Waals surface area contributed by atoms with E-state index < -0.39 is 5.97 Å². The largest absolute Gasteiger partial charge is 0.497 e. The topological polar surface area (TPSA) is 101 Å². The lowest BCUT2D eigenvalue weighted by atomic mass is 10.1. The quantitative estimate of drug-likeness (QED) is 0.545. The summed E-state index contributed by atoms with van der Waals surface area (Å²) in [4.78, 5) is 23.5.